The Morgan fingerprint density at radius 1 is 1.06 bits per heavy atom. The van der Waals surface area contributed by atoms with Crippen LogP contribution in [0.25, 0.3) is 0 Å². The first-order chi connectivity index (χ1) is 15.4. The first kappa shape index (κ1) is 28.1. The van der Waals surface area contributed by atoms with Gasteiger partial charge in [0.05, 0.1) is 12.6 Å². The van der Waals surface area contributed by atoms with Gasteiger partial charge in [0, 0.05) is 14.1 Å². The Labute approximate surface area is 195 Å². The summed E-state index contributed by atoms with van der Waals surface area (Å²) in [6, 6.07) is 6.84. The number of nitrogens with zero attached hydrogens (tertiary/aromatic N) is 1. The van der Waals surface area contributed by atoms with Crippen molar-refractivity contribution in [1.29, 1.82) is 0 Å². The smallest absolute Gasteiger partial charge is 0.408 e. The Morgan fingerprint density at radius 3 is 2.18 bits per heavy atom. The lowest BCUT2D eigenvalue weighted by Gasteiger charge is -2.25. The molecule has 0 spiro atoms. The van der Waals surface area contributed by atoms with Gasteiger partial charge in [-0.15, -0.1) is 0 Å². The van der Waals surface area contributed by atoms with E-state index in [2.05, 4.69) is 16.0 Å². The van der Waals surface area contributed by atoms with Crippen LogP contribution < -0.4 is 16.0 Å². The molecule has 0 aliphatic rings. The Hall–Kier alpha value is -2.98. The number of hydrogen-bond donors (Lipinski definition) is 4. The number of aliphatic hydroxyl groups is 1. The van der Waals surface area contributed by atoms with E-state index in [-0.39, 0.29) is 12.3 Å². The van der Waals surface area contributed by atoms with E-state index in [0.717, 1.165) is 0 Å². The van der Waals surface area contributed by atoms with Gasteiger partial charge in [-0.1, -0.05) is 43.7 Å². The second kappa shape index (κ2) is 12.9. The lowest BCUT2D eigenvalue weighted by atomic mass is 10.1. The molecule has 0 saturated carbocycles. The van der Waals surface area contributed by atoms with Crippen LogP contribution in [0.15, 0.2) is 30.3 Å². The highest BCUT2D eigenvalue weighted by Gasteiger charge is 2.29. The first-order valence-corrected chi connectivity index (χ1v) is 10.9. The number of carbonyl (C=O) groups excluding carboxylic acids is 4. The zero-order chi connectivity index (χ0) is 25.2. The molecule has 0 aliphatic carbocycles. The summed E-state index contributed by atoms with van der Waals surface area (Å²) < 4.78 is 5.17. The summed E-state index contributed by atoms with van der Waals surface area (Å²) in [5, 5.41) is 17.8. The number of alkyl carbamates (subject to hydrolysis) is 1. The summed E-state index contributed by atoms with van der Waals surface area (Å²) in [6.45, 7) is 6.50. The largest absolute Gasteiger partial charge is 0.444 e. The van der Waals surface area contributed by atoms with E-state index in [9.17, 15) is 24.3 Å². The standard InChI is InChI=1S/C23H36N4O6/c1-7-11-16(25-22(32)33-23(2,3)4)19(29)20(30)24-14-17(28)26-18(21(31)27(5)6)15-12-9-8-10-13-15/h8-10,12-13,16,18,20,24,30H,7,11,14H2,1-6H3,(H,25,32)(H,26,28)/t16?,18-,20-/m0/s1. The van der Waals surface area contributed by atoms with Gasteiger partial charge in [-0.3, -0.25) is 19.7 Å². The number of aliphatic hydroxyl groups excluding tert-OH is 1. The minimum absolute atomic E-state index is 0.288. The number of hydrogen-bond acceptors (Lipinski definition) is 7. The van der Waals surface area contributed by atoms with Gasteiger partial charge in [-0.25, -0.2) is 4.79 Å². The number of carbonyl (C=O) groups is 4. The highest BCUT2D eigenvalue weighted by molar-refractivity contribution is 5.92. The normalized spacial score (nSPS) is 13.9. The van der Waals surface area contributed by atoms with Gasteiger partial charge >= 0.3 is 6.09 Å². The molecule has 0 heterocycles. The monoisotopic (exact) mass is 464 g/mol. The third kappa shape index (κ3) is 10.0. The lowest BCUT2D eigenvalue weighted by molar-refractivity contribution is -0.135. The van der Waals surface area contributed by atoms with Crippen LogP contribution in [0.4, 0.5) is 4.79 Å². The molecule has 0 aromatic heterocycles. The van der Waals surface area contributed by atoms with Gasteiger partial charge in [0.1, 0.15) is 11.6 Å². The van der Waals surface area contributed by atoms with E-state index in [1.54, 1.807) is 65.2 Å². The fourth-order valence-electron chi connectivity index (χ4n) is 2.91. The van der Waals surface area contributed by atoms with Crippen LogP contribution in [0.5, 0.6) is 0 Å². The minimum Gasteiger partial charge on any atom is -0.444 e. The van der Waals surface area contributed by atoms with E-state index < -0.39 is 48.2 Å². The quantitative estimate of drug-likeness (QED) is 0.360. The molecular weight excluding hydrogens is 428 g/mol. The molecule has 0 aliphatic heterocycles. The number of benzene rings is 1. The molecular formula is C23H36N4O6. The summed E-state index contributed by atoms with van der Waals surface area (Å²) in [5.41, 5.74) is -0.135. The summed E-state index contributed by atoms with van der Waals surface area (Å²) in [7, 11) is 3.16. The predicted octanol–water partition coefficient (Wildman–Crippen LogP) is 1.10. The van der Waals surface area contributed by atoms with Crippen molar-refractivity contribution in [2.24, 2.45) is 0 Å². The highest BCUT2D eigenvalue weighted by atomic mass is 16.6. The first-order valence-electron chi connectivity index (χ1n) is 10.9. The second-order valence-corrected chi connectivity index (χ2v) is 8.82. The molecule has 0 saturated heterocycles. The SMILES string of the molecule is CCCC(NC(=O)OC(C)(C)C)C(=O)[C@H](O)NCC(=O)N[C@H](C(=O)N(C)C)c1ccccc1. The maximum absolute atomic E-state index is 12.6. The average molecular weight is 465 g/mol. The fourth-order valence-corrected chi connectivity index (χ4v) is 2.91. The zero-order valence-corrected chi connectivity index (χ0v) is 20.2. The topological polar surface area (TPSA) is 137 Å². The molecule has 0 bridgehead atoms. The second-order valence-electron chi connectivity index (χ2n) is 8.82. The van der Waals surface area contributed by atoms with Crippen molar-refractivity contribution < 1.29 is 29.0 Å². The maximum atomic E-state index is 12.6. The summed E-state index contributed by atoms with van der Waals surface area (Å²) >= 11 is 0. The number of ketones is 1. The summed E-state index contributed by atoms with van der Waals surface area (Å²) in [6.07, 6.45) is -1.60. The Bertz CT molecular complexity index is 807. The van der Waals surface area contributed by atoms with Crippen molar-refractivity contribution in [2.75, 3.05) is 20.6 Å². The van der Waals surface area contributed by atoms with Crippen molar-refractivity contribution in [3.63, 3.8) is 0 Å². The van der Waals surface area contributed by atoms with Gasteiger partial charge in [-0.2, -0.15) is 0 Å². The lowest BCUT2D eigenvalue weighted by Crippen LogP contribution is -2.52. The zero-order valence-electron chi connectivity index (χ0n) is 20.2. The van der Waals surface area contributed by atoms with E-state index in [0.29, 0.717) is 12.0 Å². The molecule has 10 heteroatoms. The van der Waals surface area contributed by atoms with Gasteiger partial charge < -0.3 is 25.4 Å². The van der Waals surface area contributed by atoms with Gasteiger partial charge in [0.25, 0.3) is 0 Å². The molecule has 0 radical (unpaired) electrons. The molecule has 10 nitrogen and oxygen atoms in total. The molecule has 33 heavy (non-hydrogen) atoms. The van der Waals surface area contributed by atoms with Crippen molar-refractivity contribution in [3.8, 4) is 0 Å². The van der Waals surface area contributed by atoms with Crippen LogP contribution in [0.1, 0.15) is 52.1 Å². The molecule has 3 atom stereocenters. The van der Waals surface area contributed by atoms with Crippen LogP contribution in [-0.4, -0.2) is 72.2 Å². The molecule has 184 valence electrons. The van der Waals surface area contributed by atoms with Gasteiger partial charge in [0.2, 0.25) is 11.8 Å². The van der Waals surface area contributed by atoms with E-state index in [1.807, 2.05) is 6.92 Å². The Morgan fingerprint density at radius 2 is 1.67 bits per heavy atom. The number of nitrogens with one attached hydrogen (secondary N) is 3. The molecule has 3 amide bonds. The number of rotatable bonds is 11. The number of likely N-dealkylation sites (N-methyl/N-ethyl adjacent to an activating group) is 1. The van der Waals surface area contributed by atoms with Crippen molar-refractivity contribution in [1.82, 2.24) is 20.9 Å². The van der Waals surface area contributed by atoms with E-state index >= 15 is 0 Å². The maximum Gasteiger partial charge on any atom is 0.408 e. The predicted molar refractivity (Wildman–Crippen MR) is 123 cm³/mol. The van der Waals surface area contributed by atoms with Gasteiger partial charge in [-0.05, 0) is 32.8 Å². The minimum atomic E-state index is -1.69. The van der Waals surface area contributed by atoms with Crippen LogP contribution in [0.2, 0.25) is 0 Å². The fraction of sp³-hybridized carbons (Fsp3) is 0.565. The third-order valence-electron chi connectivity index (χ3n) is 4.46. The van der Waals surface area contributed by atoms with Crippen LogP contribution in [0.3, 0.4) is 0 Å². The number of Topliss-reactive ketones (excluding diaryl/α,β-unsaturated/α-hetero) is 1. The molecule has 0 fully saturated rings. The van der Waals surface area contributed by atoms with E-state index in [4.69, 9.17) is 4.74 Å². The number of ether oxygens (including phenoxy) is 1. The summed E-state index contributed by atoms with van der Waals surface area (Å²) in [4.78, 5) is 51.0. The van der Waals surface area contributed by atoms with Crippen LogP contribution >= 0.6 is 0 Å². The van der Waals surface area contributed by atoms with Crippen LogP contribution in [0, 0.1) is 0 Å². The van der Waals surface area contributed by atoms with Gasteiger partial charge in [0.15, 0.2) is 12.0 Å². The molecule has 1 unspecified atom stereocenters. The Kier molecular flexibility index (Phi) is 11.0. The summed E-state index contributed by atoms with van der Waals surface area (Å²) in [5.74, 6) is -1.60. The van der Waals surface area contributed by atoms with Crippen molar-refractivity contribution >= 4 is 23.7 Å². The number of amides is 3. The molecule has 4 N–H and O–H groups in total. The van der Waals surface area contributed by atoms with Crippen molar-refractivity contribution in [2.45, 2.75) is 64.4 Å². The highest BCUT2D eigenvalue weighted by Crippen LogP contribution is 2.14. The molecule has 1 rings (SSSR count). The average Bonchev–Trinajstić information content (AvgIpc) is 2.73. The molecule has 1 aromatic carbocycles. The van der Waals surface area contributed by atoms with Crippen LogP contribution in [-0.2, 0) is 19.1 Å². The third-order valence-corrected chi connectivity index (χ3v) is 4.46. The Balaban J connectivity index is 2.74. The molecule has 1 aromatic rings. The van der Waals surface area contributed by atoms with E-state index in [1.165, 1.54) is 4.90 Å². The van der Waals surface area contributed by atoms with Crippen molar-refractivity contribution in [3.05, 3.63) is 35.9 Å².